The molecule has 0 aliphatic carbocycles. The van der Waals surface area contributed by atoms with Crippen molar-refractivity contribution in [2.24, 2.45) is 5.92 Å². The van der Waals surface area contributed by atoms with E-state index in [2.05, 4.69) is 34.4 Å². The van der Waals surface area contributed by atoms with Gasteiger partial charge in [-0.1, -0.05) is 31.5 Å². The summed E-state index contributed by atoms with van der Waals surface area (Å²) in [5, 5.41) is 6.04. The average molecular weight is 312 g/mol. The van der Waals surface area contributed by atoms with E-state index in [1.165, 1.54) is 0 Å². The van der Waals surface area contributed by atoms with Gasteiger partial charge in [0.2, 0.25) is 5.95 Å². The van der Waals surface area contributed by atoms with Gasteiger partial charge in [0.15, 0.2) is 0 Å². The molecule has 23 heavy (non-hydrogen) atoms. The summed E-state index contributed by atoms with van der Waals surface area (Å²) in [5.41, 5.74) is 3.04. The number of amides is 1. The van der Waals surface area contributed by atoms with Crippen LogP contribution in [0, 0.1) is 19.8 Å². The Morgan fingerprint density at radius 1 is 1.13 bits per heavy atom. The lowest BCUT2D eigenvalue weighted by Crippen LogP contribution is -2.16. The van der Waals surface area contributed by atoms with Crippen LogP contribution in [0.25, 0.3) is 0 Å². The number of carbonyl (C=O) groups is 1. The highest BCUT2D eigenvalue weighted by molar-refractivity contribution is 6.03. The second-order valence-electron chi connectivity index (χ2n) is 6.15. The lowest BCUT2D eigenvalue weighted by atomic mass is 10.1. The second-order valence-corrected chi connectivity index (χ2v) is 6.15. The van der Waals surface area contributed by atoms with Crippen molar-refractivity contribution in [2.45, 2.75) is 34.1 Å². The third kappa shape index (κ3) is 5.36. The zero-order valence-corrected chi connectivity index (χ0v) is 14.2. The molecule has 0 unspecified atom stereocenters. The average Bonchev–Trinajstić information content (AvgIpc) is 2.48. The van der Waals surface area contributed by atoms with Crippen molar-refractivity contribution in [3.63, 3.8) is 0 Å². The van der Waals surface area contributed by atoms with Crippen LogP contribution in [0.5, 0.6) is 0 Å². The number of hydrogen-bond donors (Lipinski definition) is 2. The number of hydrogen-bond acceptors (Lipinski definition) is 4. The molecule has 0 spiro atoms. The second kappa shape index (κ2) is 7.72. The standard InChI is InChI=1S/C18H24N4O/c1-12(2)9-10-19-18-20-14(4)11-16(22-18)17(23)21-15-7-5-13(3)6-8-15/h5-8,11-12H,9-10H2,1-4H3,(H,21,23)(H,19,20,22). The van der Waals surface area contributed by atoms with E-state index in [1.807, 2.05) is 38.1 Å². The quantitative estimate of drug-likeness (QED) is 0.851. The first-order chi connectivity index (χ1) is 10.9. The maximum Gasteiger partial charge on any atom is 0.274 e. The van der Waals surface area contributed by atoms with Crippen LogP contribution < -0.4 is 10.6 Å². The molecular formula is C18H24N4O. The van der Waals surface area contributed by atoms with Crippen LogP contribution in [0.4, 0.5) is 11.6 Å². The van der Waals surface area contributed by atoms with Gasteiger partial charge in [0.25, 0.3) is 5.91 Å². The minimum absolute atomic E-state index is 0.230. The molecule has 1 aromatic carbocycles. The topological polar surface area (TPSA) is 66.9 Å². The van der Waals surface area contributed by atoms with Gasteiger partial charge >= 0.3 is 0 Å². The summed E-state index contributed by atoms with van der Waals surface area (Å²) in [7, 11) is 0. The van der Waals surface area contributed by atoms with Crippen molar-refractivity contribution in [1.82, 2.24) is 9.97 Å². The van der Waals surface area contributed by atoms with Crippen molar-refractivity contribution >= 4 is 17.5 Å². The van der Waals surface area contributed by atoms with Crippen LogP contribution in [-0.2, 0) is 0 Å². The summed E-state index contributed by atoms with van der Waals surface area (Å²) in [5.74, 6) is 0.877. The molecule has 0 aliphatic heterocycles. The van der Waals surface area contributed by atoms with Crippen molar-refractivity contribution < 1.29 is 4.79 Å². The predicted octanol–water partition coefficient (Wildman–Crippen LogP) is 3.80. The summed E-state index contributed by atoms with van der Waals surface area (Å²) in [6.45, 7) is 8.99. The Balaban J connectivity index is 2.07. The molecule has 1 aromatic heterocycles. The van der Waals surface area contributed by atoms with Crippen LogP contribution in [0.3, 0.4) is 0 Å². The van der Waals surface area contributed by atoms with Crippen LogP contribution in [0.2, 0.25) is 0 Å². The Hall–Kier alpha value is -2.43. The number of aromatic nitrogens is 2. The molecular weight excluding hydrogens is 288 g/mol. The Labute approximate surface area is 137 Å². The predicted molar refractivity (Wildman–Crippen MR) is 93.8 cm³/mol. The van der Waals surface area contributed by atoms with E-state index < -0.39 is 0 Å². The third-order valence-electron chi connectivity index (χ3n) is 3.40. The van der Waals surface area contributed by atoms with Crippen LogP contribution in [0.1, 0.15) is 42.0 Å². The van der Waals surface area contributed by atoms with E-state index in [9.17, 15) is 4.79 Å². The summed E-state index contributed by atoms with van der Waals surface area (Å²) < 4.78 is 0. The van der Waals surface area contributed by atoms with E-state index in [0.717, 1.165) is 29.9 Å². The van der Waals surface area contributed by atoms with Gasteiger partial charge in [-0.05, 0) is 44.4 Å². The zero-order valence-electron chi connectivity index (χ0n) is 14.2. The first-order valence-corrected chi connectivity index (χ1v) is 7.91. The number of nitrogens with zero attached hydrogens (tertiary/aromatic N) is 2. The molecule has 0 radical (unpaired) electrons. The number of nitrogens with one attached hydrogen (secondary N) is 2. The van der Waals surface area contributed by atoms with Gasteiger partial charge in [-0.15, -0.1) is 0 Å². The maximum absolute atomic E-state index is 12.4. The lowest BCUT2D eigenvalue weighted by molar-refractivity contribution is 0.102. The molecule has 0 saturated carbocycles. The molecule has 2 aromatic rings. The van der Waals surface area contributed by atoms with E-state index in [4.69, 9.17) is 0 Å². The van der Waals surface area contributed by atoms with Crippen molar-refractivity contribution in [3.05, 3.63) is 47.3 Å². The van der Waals surface area contributed by atoms with Gasteiger partial charge in [-0.3, -0.25) is 4.79 Å². The lowest BCUT2D eigenvalue weighted by Gasteiger charge is -2.10. The minimum atomic E-state index is -0.230. The molecule has 0 aliphatic rings. The fraction of sp³-hybridized carbons (Fsp3) is 0.389. The van der Waals surface area contributed by atoms with Crippen LogP contribution in [-0.4, -0.2) is 22.4 Å². The van der Waals surface area contributed by atoms with E-state index in [1.54, 1.807) is 6.07 Å². The fourth-order valence-corrected chi connectivity index (χ4v) is 2.07. The minimum Gasteiger partial charge on any atom is -0.354 e. The SMILES string of the molecule is Cc1ccc(NC(=O)c2cc(C)nc(NCCC(C)C)n2)cc1. The number of benzene rings is 1. The van der Waals surface area contributed by atoms with E-state index in [-0.39, 0.29) is 5.91 Å². The normalized spacial score (nSPS) is 10.7. The Bertz CT molecular complexity index is 665. The Morgan fingerprint density at radius 3 is 2.48 bits per heavy atom. The van der Waals surface area contributed by atoms with Gasteiger partial charge in [0.05, 0.1) is 0 Å². The fourth-order valence-electron chi connectivity index (χ4n) is 2.07. The first-order valence-electron chi connectivity index (χ1n) is 7.91. The molecule has 0 atom stereocenters. The highest BCUT2D eigenvalue weighted by atomic mass is 16.1. The maximum atomic E-state index is 12.4. The molecule has 5 heteroatoms. The molecule has 5 nitrogen and oxygen atoms in total. The van der Waals surface area contributed by atoms with Gasteiger partial charge in [-0.25, -0.2) is 9.97 Å². The Morgan fingerprint density at radius 2 is 1.83 bits per heavy atom. The monoisotopic (exact) mass is 312 g/mol. The highest BCUT2D eigenvalue weighted by Gasteiger charge is 2.11. The molecule has 0 fully saturated rings. The summed E-state index contributed by atoms with van der Waals surface area (Å²) in [6.07, 6.45) is 1.03. The van der Waals surface area contributed by atoms with Crippen molar-refractivity contribution in [1.29, 1.82) is 0 Å². The highest BCUT2D eigenvalue weighted by Crippen LogP contribution is 2.12. The van der Waals surface area contributed by atoms with Gasteiger partial charge in [-0.2, -0.15) is 0 Å². The van der Waals surface area contributed by atoms with Gasteiger partial charge in [0.1, 0.15) is 5.69 Å². The number of carbonyl (C=O) groups excluding carboxylic acids is 1. The third-order valence-corrected chi connectivity index (χ3v) is 3.40. The van der Waals surface area contributed by atoms with Crippen molar-refractivity contribution in [2.75, 3.05) is 17.2 Å². The molecule has 2 rings (SSSR count). The Kier molecular flexibility index (Phi) is 5.68. The van der Waals surface area contributed by atoms with Crippen LogP contribution >= 0.6 is 0 Å². The number of rotatable bonds is 6. The number of aryl methyl sites for hydroxylation is 2. The largest absolute Gasteiger partial charge is 0.354 e. The first kappa shape index (κ1) is 16.9. The molecule has 2 N–H and O–H groups in total. The molecule has 1 amide bonds. The van der Waals surface area contributed by atoms with Crippen molar-refractivity contribution in [3.8, 4) is 0 Å². The smallest absolute Gasteiger partial charge is 0.274 e. The molecule has 122 valence electrons. The van der Waals surface area contributed by atoms with Gasteiger partial charge < -0.3 is 10.6 Å². The molecule has 0 bridgehead atoms. The van der Waals surface area contributed by atoms with E-state index >= 15 is 0 Å². The van der Waals surface area contributed by atoms with E-state index in [0.29, 0.717) is 17.6 Å². The molecule has 0 saturated heterocycles. The summed E-state index contributed by atoms with van der Waals surface area (Å²) >= 11 is 0. The van der Waals surface area contributed by atoms with Gasteiger partial charge in [0, 0.05) is 17.9 Å². The van der Waals surface area contributed by atoms with Crippen LogP contribution in [0.15, 0.2) is 30.3 Å². The zero-order chi connectivity index (χ0) is 16.8. The molecule has 1 heterocycles. The number of anilines is 2. The summed E-state index contributed by atoms with van der Waals surface area (Å²) in [6, 6.07) is 9.36. The summed E-state index contributed by atoms with van der Waals surface area (Å²) in [4.78, 5) is 21.0.